The molecule has 0 saturated carbocycles. The number of amides is 13. The van der Waals surface area contributed by atoms with Crippen LogP contribution in [0.4, 0.5) is 0 Å². The van der Waals surface area contributed by atoms with Gasteiger partial charge in [-0.1, -0.05) is 60.7 Å². The number of carbonyl (C=O) groups is 15. The second-order valence-corrected chi connectivity index (χ2v) is 29.3. The maximum atomic E-state index is 14.6. The predicted octanol–water partition coefficient (Wildman–Crippen LogP) is -8.29. The highest BCUT2D eigenvalue weighted by molar-refractivity contribution is 5.99. The van der Waals surface area contributed by atoms with Crippen LogP contribution in [0.1, 0.15) is 101 Å². The van der Waals surface area contributed by atoms with Gasteiger partial charge in [-0.3, -0.25) is 118 Å². The van der Waals surface area contributed by atoms with E-state index in [0.29, 0.717) is 43.9 Å². The van der Waals surface area contributed by atoms with Crippen molar-refractivity contribution in [2.24, 2.45) is 27.9 Å². The second-order valence-electron chi connectivity index (χ2n) is 29.3. The number of rotatable bonds is 43. The fourth-order valence-electron chi connectivity index (χ4n) is 13.3. The third-order valence-corrected chi connectivity index (χ3v) is 19.8. The Morgan fingerprint density at radius 2 is 0.851 bits per heavy atom. The summed E-state index contributed by atoms with van der Waals surface area (Å²) in [6.45, 7) is 0.233. The number of carbonyl (C=O) groups excluding carboxylic acids is 13. The Bertz CT molecular complexity index is 3670. The molecule has 46 heteroatoms. The van der Waals surface area contributed by atoms with Crippen LogP contribution in [-0.2, 0) is 99.4 Å². The van der Waals surface area contributed by atoms with Crippen molar-refractivity contribution in [2.75, 3.05) is 138 Å². The minimum atomic E-state index is -1.74. The van der Waals surface area contributed by atoms with Gasteiger partial charge in [0.25, 0.3) is 0 Å². The summed E-state index contributed by atoms with van der Waals surface area (Å²) in [6.07, 6.45) is -2.71. The van der Waals surface area contributed by atoms with E-state index in [1.165, 1.54) is 0 Å². The van der Waals surface area contributed by atoms with E-state index in [1.807, 2.05) is 9.80 Å². The highest BCUT2D eigenvalue weighted by Gasteiger charge is 2.37. The summed E-state index contributed by atoms with van der Waals surface area (Å²) in [5, 5.41) is 84.0. The number of carboxylic acid groups (broad SMARTS) is 2. The van der Waals surface area contributed by atoms with E-state index in [4.69, 9.17) is 28.2 Å². The van der Waals surface area contributed by atoms with Gasteiger partial charge in [0, 0.05) is 111 Å². The zero-order valence-corrected chi connectivity index (χ0v) is 67.8. The van der Waals surface area contributed by atoms with Crippen LogP contribution in [0.15, 0.2) is 65.7 Å². The largest absolute Gasteiger partial charge is 0.481 e. The number of hydrogen-bond donors (Lipinski definition) is 23. The number of guanidine groups is 1. The highest BCUT2D eigenvalue weighted by atomic mass is 17.1. The summed E-state index contributed by atoms with van der Waals surface area (Å²) in [6, 6.07) is 3.99. The number of nitrogens with two attached hydrogens (primary N) is 4. The average Bonchev–Trinajstić information content (AvgIpc) is 1.72. The highest BCUT2D eigenvalue weighted by Crippen LogP contribution is 2.14. The lowest BCUT2D eigenvalue weighted by molar-refractivity contribution is -0.245. The van der Waals surface area contributed by atoms with E-state index in [0.717, 1.165) is 0 Å². The molecule has 3 fully saturated rings. The van der Waals surface area contributed by atoms with Gasteiger partial charge in [-0.25, -0.2) is 14.7 Å². The van der Waals surface area contributed by atoms with Crippen molar-refractivity contribution in [3.8, 4) is 0 Å². The molecule has 5 rings (SSSR count). The molecule has 3 aliphatic rings. The molecule has 0 spiro atoms. The van der Waals surface area contributed by atoms with Crippen molar-refractivity contribution in [1.29, 1.82) is 0 Å². The Labute approximate surface area is 699 Å². The van der Waals surface area contributed by atoms with Gasteiger partial charge < -0.3 is 102 Å². The van der Waals surface area contributed by atoms with Crippen molar-refractivity contribution >= 4 is 94.7 Å². The molecule has 3 saturated heterocycles. The van der Waals surface area contributed by atoms with Crippen molar-refractivity contribution < 1.29 is 113 Å². The minimum Gasteiger partial charge on any atom is -0.481 e. The maximum Gasteiger partial charge on any atom is 0.317 e. The molecule has 674 valence electrons. The van der Waals surface area contributed by atoms with Crippen LogP contribution in [0, 0.1) is 0 Å². The minimum absolute atomic E-state index is 0.00910. The summed E-state index contributed by atoms with van der Waals surface area (Å²) in [5.74, 6) is -13.7. The summed E-state index contributed by atoms with van der Waals surface area (Å²) in [7, 11) is 0. The van der Waals surface area contributed by atoms with Gasteiger partial charge in [0.1, 0.15) is 60.7 Å². The number of nitrogens with one attached hydrogen (secondary N) is 14. The van der Waals surface area contributed by atoms with Gasteiger partial charge >= 0.3 is 11.9 Å². The molecule has 13 amide bonds. The lowest BCUT2D eigenvalue weighted by atomic mass is 10.0. The number of carboxylic acids is 2. The van der Waals surface area contributed by atoms with E-state index in [9.17, 15) is 92.6 Å². The standard InChI is InChI=1S/C75H121N23O23/c76-74(77)82-26-11-19-50-66(108)84-44-60(100)86-55(23-38-119-116)70(112)93-56(41-48-13-3-1-4-14-48)71(113)91-52(68(110)89-50)17-7-9-24-80-59(99)22-21-54(87-62(102)46-97-32-30-95(36-39-120-117)28-29-96(37-40-121-118)31-33-98(35-34-97)47-64(105)106)65(107)81-25-10-8-18-53-69(111)90-51(20-12-27-83-75(78)79)67(109)85-45-61(101)88-58(43-63(103)104)73(115)94-57(72(114)92-53)42-49-15-5-2-6-16-49/h1-6,13-16,50-58,74,82,116-118H,7-12,17-47,76-77H2,(H,80,99)(H,81,107)(H,84,108)(H,85,109)(H,86,100)(H,87,102)(H,88,101)(H,89,110)(H,90,111)(H,91,113)(H,92,114)(H,93,112)(H,94,115)(H,103,104)(H,105,106)(H4,78,79,83)/t50?,51-,52?,53-,54?,55?,56+,57?,58-/m0/s1. The first-order chi connectivity index (χ1) is 58.0. The van der Waals surface area contributed by atoms with Crippen LogP contribution in [-0.4, -0.2) is 339 Å². The van der Waals surface area contributed by atoms with E-state index in [-0.39, 0.29) is 187 Å². The average molecular weight is 1710 g/mol. The van der Waals surface area contributed by atoms with Gasteiger partial charge in [-0.2, -0.15) is 0 Å². The first-order valence-corrected chi connectivity index (χ1v) is 40.3. The van der Waals surface area contributed by atoms with Gasteiger partial charge in [-0.05, 0) is 88.3 Å². The van der Waals surface area contributed by atoms with Crippen LogP contribution in [0.25, 0.3) is 0 Å². The van der Waals surface area contributed by atoms with Gasteiger partial charge in [-0.15, -0.1) is 0 Å². The normalized spacial score (nSPS) is 21.5. The molecule has 27 N–H and O–H groups in total. The summed E-state index contributed by atoms with van der Waals surface area (Å²) < 4.78 is 0. The van der Waals surface area contributed by atoms with Crippen molar-refractivity contribution in [3.63, 3.8) is 0 Å². The molecular weight excluding hydrogens is 1590 g/mol. The molecule has 3 aliphatic heterocycles. The number of benzene rings is 2. The summed E-state index contributed by atoms with van der Waals surface area (Å²) >= 11 is 0. The van der Waals surface area contributed by atoms with E-state index in [1.54, 1.807) is 70.5 Å². The molecule has 2 aromatic rings. The van der Waals surface area contributed by atoms with Crippen LogP contribution < -0.4 is 97.4 Å². The Balaban J connectivity index is 1.40. The number of hydrogen-bond acceptors (Lipinski definition) is 29. The fraction of sp³-hybridized carbons (Fsp3) is 0.627. The van der Waals surface area contributed by atoms with Crippen LogP contribution in [0.3, 0.4) is 0 Å². The Hall–Kier alpha value is -10.8. The SMILES string of the molecule is NC(N)=NCCC[C@@H]1NC(=O)[C@H](CCCCNC(=O)C(CCC(=O)NCCCCC2NC(=O)[C@@H](Cc3ccccc3)NC(=O)C(CCOO)NC(=O)CNC(=O)C(CCCNC(N)N)NC2=O)NC(=O)CN2CCN(CCOO)CCN(CCOO)CCN(CC(=O)O)CC2)NC(=O)C(Cc2ccccc2)NC(=O)[C@H](CC(=O)O)NC(=O)CNC1=O. The van der Waals surface area contributed by atoms with Crippen LogP contribution in [0.5, 0.6) is 0 Å². The Kier molecular flexibility index (Phi) is 47.2. The maximum absolute atomic E-state index is 14.6. The first kappa shape index (κ1) is 101. The van der Waals surface area contributed by atoms with Crippen LogP contribution in [0.2, 0.25) is 0 Å². The van der Waals surface area contributed by atoms with E-state index in [2.05, 4.69) is 94.1 Å². The molecule has 0 bridgehead atoms. The molecule has 121 heavy (non-hydrogen) atoms. The summed E-state index contributed by atoms with van der Waals surface area (Å²) in [5.41, 5.74) is 23.5. The zero-order valence-electron chi connectivity index (χ0n) is 67.8. The number of nitrogens with zero attached hydrogens (tertiary/aromatic N) is 5. The van der Waals surface area contributed by atoms with Crippen LogP contribution >= 0.6 is 0 Å². The molecule has 5 unspecified atom stereocenters. The number of aliphatic imine (C=N–C) groups is 1. The molecule has 9 atom stereocenters. The topological polar surface area (TPSA) is 683 Å². The molecule has 0 radical (unpaired) electrons. The number of unbranched alkanes of at least 4 members (excludes halogenated alkanes) is 2. The Morgan fingerprint density at radius 3 is 1.31 bits per heavy atom. The van der Waals surface area contributed by atoms with E-state index >= 15 is 0 Å². The monoisotopic (exact) mass is 1710 g/mol. The van der Waals surface area contributed by atoms with Gasteiger partial charge in [0.15, 0.2) is 5.96 Å². The quantitative estimate of drug-likeness (QED) is 0.00732. The zero-order chi connectivity index (χ0) is 88.4. The lowest BCUT2D eigenvalue weighted by Gasteiger charge is -2.33. The summed E-state index contributed by atoms with van der Waals surface area (Å²) in [4.78, 5) is 231. The second kappa shape index (κ2) is 56.7. The molecule has 2 aromatic carbocycles. The smallest absolute Gasteiger partial charge is 0.317 e. The lowest BCUT2D eigenvalue weighted by Crippen LogP contribution is -2.58. The molecule has 3 heterocycles. The Morgan fingerprint density at radius 1 is 0.446 bits per heavy atom. The molecule has 0 aliphatic carbocycles. The third kappa shape index (κ3) is 41.4. The third-order valence-electron chi connectivity index (χ3n) is 19.8. The predicted molar refractivity (Wildman–Crippen MR) is 432 cm³/mol. The van der Waals surface area contributed by atoms with Gasteiger partial charge in [0.2, 0.25) is 76.8 Å². The molecule has 0 aromatic heterocycles. The van der Waals surface area contributed by atoms with E-state index < -0.39 is 176 Å². The molecule has 46 nitrogen and oxygen atoms in total. The fourth-order valence-corrected chi connectivity index (χ4v) is 13.3. The van der Waals surface area contributed by atoms with Crippen molar-refractivity contribution in [2.45, 2.75) is 163 Å². The number of aliphatic carboxylic acids is 2. The van der Waals surface area contributed by atoms with Crippen molar-refractivity contribution in [1.82, 2.24) is 94.0 Å². The first-order valence-electron chi connectivity index (χ1n) is 40.3. The molecular formula is C75H121N23O23. The van der Waals surface area contributed by atoms with Gasteiger partial charge in [0.05, 0.1) is 52.4 Å². The van der Waals surface area contributed by atoms with Crippen molar-refractivity contribution in [3.05, 3.63) is 71.8 Å².